The van der Waals surface area contributed by atoms with Gasteiger partial charge in [-0.2, -0.15) is 0 Å². The van der Waals surface area contributed by atoms with Crippen molar-refractivity contribution in [1.29, 1.82) is 0 Å². The van der Waals surface area contributed by atoms with Gasteiger partial charge in [0.25, 0.3) is 0 Å². The predicted octanol–water partition coefficient (Wildman–Crippen LogP) is 2.33. The molecule has 1 aromatic rings. The van der Waals surface area contributed by atoms with Crippen LogP contribution in [0.1, 0.15) is 37.7 Å². The molecule has 1 heterocycles. The Morgan fingerprint density at radius 1 is 1.38 bits per heavy atom. The largest absolute Gasteiger partial charge is 0.352 e. The number of carbonyl (C=O) groups excluding carboxylic acids is 1. The van der Waals surface area contributed by atoms with E-state index in [0.29, 0.717) is 12.0 Å². The Bertz CT molecular complexity index is 549. The van der Waals surface area contributed by atoms with Crippen LogP contribution in [-0.4, -0.2) is 24.5 Å². The fraction of sp³-hybridized carbons (Fsp3) is 0.562. The van der Waals surface area contributed by atoms with E-state index in [1.165, 1.54) is 12.1 Å². The summed E-state index contributed by atoms with van der Waals surface area (Å²) in [7, 11) is 0. The minimum Gasteiger partial charge on any atom is -0.352 e. The van der Waals surface area contributed by atoms with E-state index < -0.39 is 11.6 Å². The molecule has 1 aliphatic heterocycles. The summed E-state index contributed by atoms with van der Waals surface area (Å²) in [4.78, 5) is 12.2. The van der Waals surface area contributed by atoms with E-state index in [0.717, 1.165) is 25.5 Å². The second-order valence-electron chi connectivity index (χ2n) is 6.11. The first-order chi connectivity index (χ1) is 10.1. The minimum atomic E-state index is -0.583. The van der Waals surface area contributed by atoms with Crippen LogP contribution in [0.5, 0.6) is 0 Å². The van der Waals surface area contributed by atoms with E-state index in [9.17, 15) is 13.6 Å². The Balaban J connectivity index is 1.60. The van der Waals surface area contributed by atoms with Crippen LogP contribution in [-0.2, 0) is 4.79 Å². The zero-order valence-corrected chi connectivity index (χ0v) is 12.0. The van der Waals surface area contributed by atoms with Crippen molar-refractivity contribution in [2.75, 3.05) is 6.54 Å². The Kier molecular flexibility index (Phi) is 3.93. The zero-order valence-electron chi connectivity index (χ0n) is 12.0. The number of amides is 1. The number of rotatable bonds is 3. The van der Waals surface area contributed by atoms with Gasteiger partial charge in [-0.25, -0.2) is 8.78 Å². The Hall–Kier alpha value is -1.49. The summed E-state index contributed by atoms with van der Waals surface area (Å²) in [5.74, 6) is -1.44. The summed E-state index contributed by atoms with van der Waals surface area (Å²) < 4.78 is 26.6. The van der Waals surface area contributed by atoms with Crippen molar-refractivity contribution in [3.63, 3.8) is 0 Å². The van der Waals surface area contributed by atoms with Crippen LogP contribution < -0.4 is 10.6 Å². The van der Waals surface area contributed by atoms with Crippen LogP contribution >= 0.6 is 0 Å². The first-order valence-electron chi connectivity index (χ1n) is 7.55. The minimum absolute atomic E-state index is 0.00993. The van der Waals surface area contributed by atoms with E-state index in [2.05, 4.69) is 17.6 Å². The van der Waals surface area contributed by atoms with Crippen molar-refractivity contribution in [3.8, 4) is 0 Å². The molecule has 3 rings (SSSR count). The van der Waals surface area contributed by atoms with Crippen molar-refractivity contribution >= 4 is 5.91 Å². The van der Waals surface area contributed by atoms with E-state index in [4.69, 9.17) is 0 Å². The lowest BCUT2D eigenvalue weighted by atomic mass is 9.99. The van der Waals surface area contributed by atoms with Gasteiger partial charge in [-0.05, 0) is 50.3 Å². The highest BCUT2D eigenvalue weighted by Crippen LogP contribution is 2.48. The van der Waals surface area contributed by atoms with Gasteiger partial charge in [0.2, 0.25) is 5.91 Å². The summed E-state index contributed by atoms with van der Waals surface area (Å²) in [6, 6.07) is 4.00. The van der Waals surface area contributed by atoms with Crippen LogP contribution in [0.4, 0.5) is 8.78 Å². The molecule has 2 aliphatic rings. The highest BCUT2D eigenvalue weighted by atomic mass is 19.1. The molecule has 2 N–H and O–H groups in total. The predicted molar refractivity (Wildman–Crippen MR) is 75.8 cm³/mol. The molecule has 1 amide bonds. The fourth-order valence-electron chi connectivity index (χ4n) is 3.16. The number of halogens is 2. The third-order valence-corrected chi connectivity index (χ3v) is 4.58. The van der Waals surface area contributed by atoms with Gasteiger partial charge in [0.1, 0.15) is 11.6 Å². The Morgan fingerprint density at radius 2 is 2.19 bits per heavy atom. The molecule has 0 aromatic heterocycles. The third kappa shape index (κ3) is 3.07. The van der Waals surface area contributed by atoms with E-state index >= 15 is 0 Å². The monoisotopic (exact) mass is 294 g/mol. The topological polar surface area (TPSA) is 41.1 Å². The van der Waals surface area contributed by atoms with Gasteiger partial charge in [0, 0.05) is 24.1 Å². The summed E-state index contributed by atoms with van der Waals surface area (Å²) in [6.45, 7) is 3.05. The molecule has 1 saturated heterocycles. The summed E-state index contributed by atoms with van der Waals surface area (Å²) >= 11 is 0. The molecule has 0 spiro atoms. The number of hydrogen-bond acceptors (Lipinski definition) is 2. The van der Waals surface area contributed by atoms with Crippen LogP contribution in [0.15, 0.2) is 18.2 Å². The maximum atomic E-state index is 13.7. The molecular weight excluding hydrogens is 274 g/mol. The standard InChI is InChI=1S/C16H20F2N2O/c1-9-15(3-2-6-19-9)20-16(21)13-8-12(13)11-5-4-10(17)7-14(11)18/h4-5,7,9,12-13,15,19H,2-3,6,8H2,1H3,(H,20,21). The van der Waals surface area contributed by atoms with Crippen LogP contribution in [0.2, 0.25) is 0 Å². The van der Waals surface area contributed by atoms with Gasteiger partial charge in [0.05, 0.1) is 0 Å². The van der Waals surface area contributed by atoms with Crippen molar-refractivity contribution in [3.05, 3.63) is 35.4 Å². The zero-order chi connectivity index (χ0) is 15.0. The number of carbonyl (C=O) groups is 1. The molecule has 4 atom stereocenters. The first kappa shape index (κ1) is 14.4. The van der Waals surface area contributed by atoms with E-state index in [-0.39, 0.29) is 29.8 Å². The average Bonchev–Trinajstić information content (AvgIpc) is 3.21. The number of hydrogen-bond donors (Lipinski definition) is 2. The molecule has 21 heavy (non-hydrogen) atoms. The first-order valence-corrected chi connectivity index (χ1v) is 7.55. The molecule has 0 bridgehead atoms. The summed E-state index contributed by atoms with van der Waals surface area (Å²) in [6.07, 6.45) is 2.67. The molecule has 5 heteroatoms. The number of piperidine rings is 1. The van der Waals surface area contributed by atoms with E-state index in [1.54, 1.807) is 0 Å². The Morgan fingerprint density at radius 3 is 2.90 bits per heavy atom. The van der Waals surface area contributed by atoms with Gasteiger partial charge in [-0.3, -0.25) is 4.79 Å². The normalized spacial score (nSPS) is 31.8. The van der Waals surface area contributed by atoms with Crippen LogP contribution in [0, 0.1) is 17.6 Å². The van der Waals surface area contributed by atoms with Crippen LogP contribution in [0.25, 0.3) is 0 Å². The molecule has 1 aromatic carbocycles. The Labute approximate surface area is 123 Å². The van der Waals surface area contributed by atoms with Crippen molar-refractivity contribution in [1.82, 2.24) is 10.6 Å². The van der Waals surface area contributed by atoms with Gasteiger partial charge < -0.3 is 10.6 Å². The number of benzene rings is 1. The molecule has 3 nitrogen and oxygen atoms in total. The quantitative estimate of drug-likeness (QED) is 0.898. The second-order valence-corrected chi connectivity index (χ2v) is 6.11. The maximum Gasteiger partial charge on any atom is 0.224 e. The van der Waals surface area contributed by atoms with Gasteiger partial charge >= 0.3 is 0 Å². The summed E-state index contributed by atoms with van der Waals surface area (Å²) in [5.41, 5.74) is 0.450. The van der Waals surface area contributed by atoms with Crippen molar-refractivity contribution in [2.45, 2.75) is 44.2 Å². The van der Waals surface area contributed by atoms with Gasteiger partial charge in [-0.15, -0.1) is 0 Å². The highest BCUT2D eigenvalue weighted by molar-refractivity contribution is 5.83. The lowest BCUT2D eigenvalue weighted by molar-refractivity contribution is -0.123. The van der Waals surface area contributed by atoms with Crippen molar-refractivity contribution < 1.29 is 13.6 Å². The number of nitrogens with one attached hydrogen (secondary N) is 2. The fourth-order valence-corrected chi connectivity index (χ4v) is 3.16. The molecule has 1 saturated carbocycles. The molecule has 1 aliphatic carbocycles. The van der Waals surface area contributed by atoms with Crippen LogP contribution in [0.3, 0.4) is 0 Å². The molecule has 114 valence electrons. The van der Waals surface area contributed by atoms with Gasteiger partial charge in [0.15, 0.2) is 0 Å². The van der Waals surface area contributed by atoms with E-state index in [1.807, 2.05) is 0 Å². The van der Waals surface area contributed by atoms with Gasteiger partial charge in [-0.1, -0.05) is 6.07 Å². The third-order valence-electron chi connectivity index (χ3n) is 4.58. The maximum absolute atomic E-state index is 13.7. The highest BCUT2D eigenvalue weighted by Gasteiger charge is 2.45. The molecule has 4 unspecified atom stereocenters. The molecular formula is C16H20F2N2O. The lowest BCUT2D eigenvalue weighted by Crippen LogP contribution is -2.52. The SMILES string of the molecule is CC1NCCCC1NC(=O)C1CC1c1ccc(F)cc1F. The smallest absolute Gasteiger partial charge is 0.224 e. The lowest BCUT2D eigenvalue weighted by Gasteiger charge is -2.30. The molecule has 0 radical (unpaired) electrons. The summed E-state index contributed by atoms with van der Waals surface area (Å²) in [5, 5.41) is 6.40. The second kappa shape index (κ2) is 5.72. The molecule has 2 fully saturated rings. The van der Waals surface area contributed by atoms with Crippen molar-refractivity contribution in [2.24, 2.45) is 5.92 Å². The average molecular weight is 294 g/mol.